The van der Waals surface area contributed by atoms with Crippen molar-refractivity contribution < 1.29 is 17.9 Å². The summed E-state index contributed by atoms with van der Waals surface area (Å²) in [6.07, 6.45) is 1.78. The van der Waals surface area contributed by atoms with E-state index in [-0.39, 0.29) is 18.4 Å². The van der Waals surface area contributed by atoms with E-state index in [0.29, 0.717) is 26.1 Å². The van der Waals surface area contributed by atoms with Gasteiger partial charge in [-0.3, -0.25) is 0 Å². The molecule has 2 aliphatic rings. The Labute approximate surface area is 101 Å². The molecule has 0 aromatic carbocycles. The lowest BCUT2D eigenvalue weighted by molar-refractivity contribution is 0.0538. The van der Waals surface area contributed by atoms with Crippen molar-refractivity contribution >= 4 is 16.1 Å². The summed E-state index contributed by atoms with van der Waals surface area (Å²) in [6, 6.07) is -0.0706. The molecule has 2 heterocycles. The molecule has 0 saturated carbocycles. The SMILES string of the molecule is C=CCOC(=O)N1CC(N2CCCS2(=O)=O)C1. The fraction of sp³-hybridized carbons (Fsp3) is 0.700. The Kier molecular flexibility index (Phi) is 3.39. The lowest BCUT2D eigenvalue weighted by Crippen LogP contribution is -2.61. The molecule has 96 valence electrons. The lowest BCUT2D eigenvalue weighted by Gasteiger charge is -2.42. The topological polar surface area (TPSA) is 66.9 Å². The zero-order valence-corrected chi connectivity index (χ0v) is 10.4. The highest BCUT2D eigenvalue weighted by Crippen LogP contribution is 2.23. The molecule has 7 heteroatoms. The molecule has 17 heavy (non-hydrogen) atoms. The highest BCUT2D eigenvalue weighted by atomic mass is 32.2. The van der Waals surface area contributed by atoms with E-state index in [0.717, 1.165) is 0 Å². The van der Waals surface area contributed by atoms with Crippen LogP contribution in [0.15, 0.2) is 12.7 Å². The number of amides is 1. The Balaban J connectivity index is 1.83. The van der Waals surface area contributed by atoms with E-state index in [4.69, 9.17) is 4.74 Å². The van der Waals surface area contributed by atoms with Crippen molar-refractivity contribution in [3.05, 3.63) is 12.7 Å². The first-order valence-corrected chi connectivity index (χ1v) is 7.17. The average molecular weight is 260 g/mol. The Morgan fingerprint density at radius 1 is 1.47 bits per heavy atom. The molecule has 2 fully saturated rings. The van der Waals surface area contributed by atoms with Crippen LogP contribution in [-0.4, -0.2) is 61.8 Å². The van der Waals surface area contributed by atoms with Gasteiger partial charge in [-0.15, -0.1) is 0 Å². The molecular weight excluding hydrogens is 244 g/mol. The van der Waals surface area contributed by atoms with Crippen molar-refractivity contribution in [2.45, 2.75) is 12.5 Å². The number of hydrogen-bond donors (Lipinski definition) is 0. The van der Waals surface area contributed by atoms with Crippen LogP contribution in [0.25, 0.3) is 0 Å². The molecule has 6 nitrogen and oxygen atoms in total. The fourth-order valence-corrected chi connectivity index (χ4v) is 3.80. The average Bonchev–Trinajstić information content (AvgIpc) is 2.54. The number of likely N-dealkylation sites (tertiary alicyclic amines) is 1. The first kappa shape index (κ1) is 12.4. The maximum atomic E-state index is 11.6. The van der Waals surface area contributed by atoms with Crippen LogP contribution in [0.1, 0.15) is 6.42 Å². The highest BCUT2D eigenvalue weighted by molar-refractivity contribution is 7.89. The summed E-state index contributed by atoms with van der Waals surface area (Å²) in [4.78, 5) is 12.9. The van der Waals surface area contributed by atoms with E-state index < -0.39 is 16.1 Å². The molecule has 0 N–H and O–H groups in total. The van der Waals surface area contributed by atoms with Crippen LogP contribution < -0.4 is 0 Å². The third kappa shape index (κ3) is 2.44. The largest absolute Gasteiger partial charge is 0.445 e. The van der Waals surface area contributed by atoms with Crippen LogP contribution in [0.5, 0.6) is 0 Å². The van der Waals surface area contributed by atoms with E-state index in [1.807, 2.05) is 0 Å². The van der Waals surface area contributed by atoms with Crippen molar-refractivity contribution in [2.75, 3.05) is 32.0 Å². The van der Waals surface area contributed by atoms with Crippen molar-refractivity contribution in [3.63, 3.8) is 0 Å². The number of rotatable bonds is 3. The van der Waals surface area contributed by atoms with Crippen LogP contribution in [0.4, 0.5) is 4.79 Å². The molecule has 2 rings (SSSR count). The molecule has 0 spiro atoms. The second kappa shape index (κ2) is 4.66. The molecular formula is C10H16N2O4S. The standard InChI is InChI=1S/C10H16N2O4S/c1-2-5-16-10(13)11-7-9(8-11)12-4-3-6-17(12,14)15/h2,9H,1,3-8H2. The maximum Gasteiger partial charge on any atom is 0.410 e. The maximum absolute atomic E-state index is 11.6. The van der Waals surface area contributed by atoms with Crippen LogP contribution >= 0.6 is 0 Å². The van der Waals surface area contributed by atoms with Gasteiger partial charge in [0.2, 0.25) is 10.0 Å². The van der Waals surface area contributed by atoms with Crippen molar-refractivity contribution in [2.24, 2.45) is 0 Å². The summed E-state index contributed by atoms with van der Waals surface area (Å²) in [7, 11) is -3.07. The smallest absolute Gasteiger partial charge is 0.410 e. The zero-order chi connectivity index (χ0) is 12.5. The predicted molar refractivity (Wildman–Crippen MR) is 62.0 cm³/mol. The monoisotopic (exact) mass is 260 g/mol. The van der Waals surface area contributed by atoms with Gasteiger partial charge < -0.3 is 9.64 Å². The van der Waals surface area contributed by atoms with Crippen LogP contribution in [0, 0.1) is 0 Å². The molecule has 0 aliphatic carbocycles. The van der Waals surface area contributed by atoms with Gasteiger partial charge in [0.25, 0.3) is 0 Å². The number of nitrogens with zero attached hydrogens (tertiary/aromatic N) is 2. The second-order valence-corrected chi connectivity index (χ2v) is 6.25. The molecule has 2 saturated heterocycles. The van der Waals surface area contributed by atoms with Gasteiger partial charge >= 0.3 is 6.09 Å². The Morgan fingerprint density at radius 2 is 2.18 bits per heavy atom. The molecule has 0 atom stereocenters. The van der Waals surface area contributed by atoms with Gasteiger partial charge in [-0.1, -0.05) is 12.7 Å². The zero-order valence-electron chi connectivity index (χ0n) is 9.54. The van der Waals surface area contributed by atoms with Gasteiger partial charge in [-0.05, 0) is 6.42 Å². The summed E-state index contributed by atoms with van der Waals surface area (Å²) in [5, 5.41) is 0. The van der Waals surface area contributed by atoms with E-state index in [2.05, 4.69) is 6.58 Å². The van der Waals surface area contributed by atoms with E-state index in [9.17, 15) is 13.2 Å². The molecule has 0 aromatic heterocycles. The number of carbonyl (C=O) groups excluding carboxylic acids is 1. The molecule has 0 aromatic rings. The minimum absolute atomic E-state index is 0.0706. The lowest BCUT2D eigenvalue weighted by atomic mass is 10.1. The number of sulfonamides is 1. The van der Waals surface area contributed by atoms with Gasteiger partial charge in [0.05, 0.1) is 11.8 Å². The van der Waals surface area contributed by atoms with Gasteiger partial charge in [0, 0.05) is 19.6 Å². The quantitative estimate of drug-likeness (QED) is 0.671. The van der Waals surface area contributed by atoms with Crippen molar-refractivity contribution in [3.8, 4) is 0 Å². The molecule has 2 aliphatic heterocycles. The predicted octanol–water partition coefficient (Wildman–Crippen LogP) is 0.0287. The highest BCUT2D eigenvalue weighted by Gasteiger charge is 2.42. The minimum atomic E-state index is -3.07. The summed E-state index contributed by atoms with van der Waals surface area (Å²) in [5.74, 6) is 0.227. The van der Waals surface area contributed by atoms with Crippen LogP contribution in [0.3, 0.4) is 0 Å². The van der Waals surface area contributed by atoms with E-state index in [1.165, 1.54) is 15.3 Å². The minimum Gasteiger partial charge on any atom is -0.445 e. The summed E-state index contributed by atoms with van der Waals surface area (Å²) in [5.41, 5.74) is 0. The summed E-state index contributed by atoms with van der Waals surface area (Å²) < 4.78 is 29.6. The molecule has 0 unspecified atom stereocenters. The fourth-order valence-electron chi connectivity index (χ4n) is 2.08. The van der Waals surface area contributed by atoms with Crippen LogP contribution in [0.2, 0.25) is 0 Å². The molecule has 0 bridgehead atoms. The van der Waals surface area contributed by atoms with Crippen LogP contribution in [-0.2, 0) is 14.8 Å². The van der Waals surface area contributed by atoms with Gasteiger partial charge in [0.15, 0.2) is 0 Å². The summed E-state index contributed by atoms with van der Waals surface area (Å²) >= 11 is 0. The normalized spacial score (nSPS) is 24.4. The van der Waals surface area contributed by atoms with Gasteiger partial charge in [-0.2, -0.15) is 4.31 Å². The van der Waals surface area contributed by atoms with E-state index >= 15 is 0 Å². The third-order valence-electron chi connectivity index (χ3n) is 2.99. The Morgan fingerprint density at radius 3 is 2.71 bits per heavy atom. The van der Waals surface area contributed by atoms with E-state index in [1.54, 1.807) is 0 Å². The Bertz CT molecular complexity index is 414. The van der Waals surface area contributed by atoms with Gasteiger partial charge in [0.1, 0.15) is 6.61 Å². The number of ether oxygens (including phenoxy) is 1. The summed E-state index contributed by atoms with van der Waals surface area (Å²) in [6.45, 7) is 5.06. The molecule has 1 amide bonds. The first-order valence-electron chi connectivity index (χ1n) is 5.56. The Hall–Kier alpha value is -1.08. The number of hydrogen-bond acceptors (Lipinski definition) is 4. The van der Waals surface area contributed by atoms with Gasteiger partial charge in [-0.25, -0.2) is 13.2 Å². The first-order chi connectivity index (χ1) is 8.04. The van der Waals surface area contributed by atoms with Crippen molar-refractivity contribution in [1.29, 1.82) is 0 Å². The second-order valence-electron chi connectivity index (χ2n) is 4.20. The third-order valence-corrected chi connectivity index (χ3v) is 4.99. The molecule has 0 radical (unpaired) electrons. The van der Waals surface area contributed by atoms with Crippen molar-refractivity contribution in [1.82, 2.24) is 9.21 Å². The number of carbonyl (C=O) groups is 1.